The normalized spacial score (nSPS) is 18.7. The third-order valence-electron chi connectivity index (χ3n) is 3.27. The van der Waals surface area contributed by atoms with E-state index in [9.17, 15) is 19.2 Å². The van der Waals surface area contributed by atoms with E-state index in [4.69, 9.17) is 10.2 Å². The molecular weight excluding hydrogens is 292 g/mol. The lowest BCUT2D eigenvalue weighted by atomic mass is 9.74. The van der Waals surface area contributed by atoms with Crippen LogP contribution in [0.4, 0.5) is 4.79 Å². The lowest BCUT2D eigenvalue weighted by Gasteiger charge is -2.28. The summed E-state index contributed by atoms with van der Waals surface area (Å²) >= 11 is 0. The average Bonchev–Trinajstić information content (AvgIpc) is 2.33. The number of hydrogen-bond donors (Lipinski definition) is 4. The van der Waals surface area contributed by atoms with Gasteiger partial charge in [0.25, 0.3) is 0 Å². The van der Waals surface area contributed by atoms with Crippen molar-refractivity contribution in [1.82, 2.24) is 10.6 Å². The summed E-state index contributed by atoms with van der Waals surface area (Å²) < 4.78 is 0. The van der Waals surface area contributed by atoms with E-state index in [-0.39, 0.29) is 35.6 Å². The van der Waals surface area contributed by atoms with Gasteiger partial charge in [0.05, 0.1) is 5.57 Å². The molecule has 1 aliphatic rings. The molecule has 0 aromatic rings. The van der Waals surface area contributed by atoms with Crippen molar-refractivity contribution in [3.8, 4) is 0 Å². The molecular formula is C14H20N2O6. The summed E-state index contributed by atoms with van der Waals surface area (Å²) in [5.41, 5.74) is -0.205. The molecule has 8 heteroatoms. The Morgan fingerprint density at radius 1 is 1.23 bits per heavy atom. The van der Waals surface area contributed by atoms with Crippen molar-refractivity contribution in [3.63, 3.8) is 0 Å². The SMILES string of the molecule is CC1(C)CC(=O)C(=CCNCC(NC(=O)O)C(=O)O)C(=O)C1. The molecule has 8 nitrogen and oxygen atoms in total. The highest BCUT2D eigenvalue weighted by Gasteiger charge is 2.35. The maximum atomic E-state index is 11.9. The minimum atomic E-state index is -1.44. The molecule has 22 heavy (non-hydrogen) atoms. The summed E-state index contributed by atoms with van der Waals surface area (Å²) in [7, 11) is 0. The van der Waals surface area contributed by atoms with Crippen molar-refractivity contribution in [1.29, 1.82) is 0 Å². The largest absolute Gasteiger partial charge is 0.480 e. The van der Waals surface area contributed by atoms with Crippen LogP contribution >= 0.6 is 0 Å². The highest BCUT2D eigenvalue weighted by Crippen LogP contribution is 2.33. The molecule has 0 aromatic heterocycles. The number of aliphatic carboxylic acids is 1. The number of allylic oxidation sites excluding steroid dienone is 1. The minimum Gasteiger partial charge on any atom is -0.480 e. The van der Waals surface area contributed by atoms with Crippen molar-refractivity contribution >= 4 is 23.6 Å². The van der Waals surface area contributed by atoms with Crippen LogP contribution in [0.1, 0.15) is 26.7 Å². The molecule has 0 aliphatic heterocycles. The van der Waals surface area contributed by atoms with Gasteiger partial charge in [0.1, 0.15) is 6.04 Å². The number of carbonyl (C=O) groups is 4. The highest BCUT2D eigenvalue weighted by atomic mass is 16.4. The number of nitrogens with one attached hydrogen (secondary N) is 2. The third-order valence-corrected chi connectivity index (χ3v) is 3.27. The Kier molecular flexibility index (Phi) is 5.81. The molecule has 1 unspecified atom stereocenters. The molecule has 1 rings (SSSR count). The number of rotatable bonds is 6. The van der Waals surface area contributed by atoms with Gasteiger partial charge < -0.3 is 20.8 Å². The van der Waals surface area contributed by atoms with E-state index in [1.165, 1.54) is 6.08 Å². The van der Waals surface area contributed by atoms with Crippen LogP contribution < -0.4 is 10.6 Å². The fourth-order valence-electron chi connectivity index (χ4n) is 2.26. The van der Waals surface area contributed by atoms with E-state index in [0.29, 0.717) is 12.8 Å². The van der Waals surface area contributed by atoms with Crippen LogP contribution in [0.2, 0.25) is 0 Å². The van der Waals surface area contributed by atoms with Crippen molar-refractivity contribution in [2.75, 3.05) is 13.1 Å². The van der Waals surface area contributed by atoms with Crippen molar-refractivity contribution < 1.29 is 29.4 Å². The smallest absolute Gasteiger partial charge is 0.405 e. The van der Waals surface area contributed by atoms with E-state index in [1.807, 2.05) is 19.2 Å². The van der Waals surface area contributed by atoms with E-state index in [1.54, 1.807) is 0 Å². The first-order valence-electron chi connectivity index (χ1n) is 6.82. The molecule has 1 aliphatic carbocycles. The van der Waals surface area contributed by atoms with E-state index >= 15 is 0 Å². The van der Waals surface area contributed by atoms with Crippen LogP contribution in [0.15, 0.2) is 11.6 Å². The van der Waals surface area contributed by atoms with E-state index in [2.05, 4.69) is 5.32 Å². The fraction of sp³-hybridized carbons (Fsp3) is 0.571. The quantitative estimate of drug-likeness (QED) is 0.312. The predicted octanol–water partition coefficient (Wildman–Crippen LogP) is 0.181. The Bertz CT molecular complexity index is 501. The molecule has 1 atom stereocenters. The number of carboxylic acids is 1. The van der Waals surface area contributed by atoms with Gasteiger partial charge in [0.2, 0.25) is 0 Å². The number of Topliss-reactive ketones (excluding diaryl/α,β-unsaturated/α-hetero) is 2. The Balaban J connectivity index is 2.55. The van der Waals surface area contributed by atoms with E-state index in [0.717, 1.165) is 0 Å². The van der Waals surface area contributed by atoms with Crippen molar-refractivity contribution in [2.45, 2.75) is 32.7 Å². The summed E-state index contributed by atoms with van der Waals surface area (Å²) in [5, 5.41) is 21.9. The zero-order chi connectivity index (χ0) is 16.9. The Morgan fingerprint density at radius 3 is 2.23 bits per heavy atom. The van der Waals surface area contributed by atoms with Gasteiger partial charge in [0, 0.05) is 25.9 Å². The van der Waals surface area contributed by atoms with Crippen LogP contribution in [0.5, 0.6) is 0 Å². The first-order chi connectivity index (χ1) is 10.1. The van der Waals surface area contributed by atoms with E-state index < -0.39 is 18.1 Å². The number of hydrogen-bond acceptors (Lipinski definition) is 5. The molecule has 0 bridgehead atoms. The molecule has 1 fully saturated rings. The molecule has 0 saturated heterocycles. The summed E-state index contributed by atoms with van der Waals surface area (Å²) in [6, 6.07) is -1.30. The molecule has 1 amide bonds. The van der Waals surface area contributed by atoms with Gasteiger partial charge in [-0.05, 0) is 5.41 Å². The summed E-state index contributed by atoms with van der Waals surface area (Å²) in [6.07, 6.45) is 0.582. The van der Waals surface area contributed by atoms with Gasteiger partial charge in [-0.2, -0.15) is 0 Å². The number of ketones is 2. The van der Waals surface area contributed by atoms with Gasteiger partial charge in [-0.15, -0.1) is 0 Å². The lowest BCUT2D eigenvalue weighted by molar-refractivity contribution is -0.139. The first kappa shape index (κ1) is 17.8. The highest BCUT2D eigenvalue weighted by molar-refractivity contribution is 6.22. The predicted molar refractivity (Wildman–Crippen MR) is 76.6 cm³/mol. The zero-order valence-electron chi connectivity index (χ0n) is 12.5. The Morgan fingerprint density at radius 2 is 1.77 bits per heavy atom. The van der Waals surface area contributed by atoms with Crippen LogP contribution in [0, 0.1) is 5.41 Å². The minimum absolute atomic E-state index is 0.109. The third kappa shape index (κ3) is 5.28. The summed E-state index contributed by atoms with van der Waals surface area (Å²) in [4.78, 5) is 45.1. The van der Waals surface area contributed by atoms with Gasteiger partial charge >= 0.3 is 12.1 Å². The lowest BCUT2D eigenvalue weighted by Crippen LogP contribution is -2.46. The van der Waals surface area contributed by atoms with Crippen LogP contribution in [0.3, 0.4) is 0 Å². The molecule has 0 spiro atoms. The number of amides is 1. The van der Waals surface area contributed by atoms with Gasteiger partial charge in [-0.25, -0.2) is 9.59 Å². The second-order valence-corrected chi connectivity index (χ2v) is 5.98. The van der Waals surface area contributed by atoms with Crippen LogP contribution in [0.25, 0.3) is 0 Å². The Labute approximate surface area is 127 Å². The molecule has 1 saturated carbocycles. The van der Waals surface area contributed by atoms with Gasteiger partial charge in [-0.1, -0.05) is 19.9 Å². The topological polar surface area (TPSA) is 133 Å². The van der Waals surface area contributed by atoms with Crippen molar-refractivity contribution in [2.24, 2.45) is 5.41 Å². The molecule has 0 aromatic carbocycles. The Hall–Kier alpha value is -2.22. The number of carboxylic acid groups (broad SMARTS) is 2. The van der Waals surface area contributed by atoms with Gasteiger partial charge in [0.15, 0.2) is 11.6 Å². The fourth-order valence-corrected chi connectivity index (χ4v) is 2.26. The molecule has 122 valence electrons. The molecule has 0 heterocycles. The van der Waals surface area contributed by atoms with Crippen LogP contribution in [-0.2, 0) is 14.4 Å². The van der Waals surface area contributed by atoms with Crippen LogP contribution in [-0.4, -0.2) is 53.0 Å². The summed E-state index contributed by atoms with van der Waals surface area (Å²) in [5.74, 6) is -1.75. The molecule has 4 N–H and O–H groups in total. The average molecular weight is 312 g/mol. The van der Waals surface area contributed by atoms with Gasteiger partial charge in [-0.3, -0.25) is 9.59 Å². The standard InChI is InChI=1S/C14H20N2O6/c1-14(2)5-10(17)8(11(18)6-14)3-4-15-7-9(12(19)20)16-13(21)22/h3,9,15-16H,4-7H2,1-2H3,(H,19,20)(H,21,22). The first-order valence-corrected chi connectivity index (χ1v) is 6.82. The molecule has 0 radical (unpaired) electrons. The number of carbonyl (C=O) groups excluding carboxylic acids is 2. The second-order valence-electron chi connectivity index (χ2n) is 5.98. The van der Waals surface area contributed by atoms with Crippen molar-refractivity contribution in [3.05, 3.63) is 11.6 Å². The maximum absolute atomic E-state index is 11.9. The zero-order valence-corrected chi connectivity index (χ0v) is 12.5. The second kappa shape index (κ2) is 7.17. The summed E-state index contributed by atoms with van der Waals surface area (Å²) in [6.45, 7) is 3.66. The maximum Gasteiger partial charge on any atom is 0.405 e. The monoisotopic (exact) mass is 312 g/mol.